The molecule has 2 aromatic heterocycles. The van der Waals surface area contributed by atoms with Crippen LogP contribution in [0.1, 0.15) is 0 Å². The molecule has 1 aliphatic rings. The Balaban J connectivity index is 1.30. The van der Waals surface area contributed by atoms with Crippen molar-refractivity contribution < 1.29 is 4.65 Å². The van der Waals surface area contributed by atoms with Crippen LogP contribution in [-0.2, 0) is 0 Å². The van der Waals surface area contributed by atoms with Crippen molar-refractivity contribution in [3.8, 4) is 11.6 Å². The molecule has 7 aromatic rings. The zero-order valence-electron chi connectivity index (χ0n) is 23.1. The highest BCUT2D eigenvalue weighted by Crippen LogP contribution is 2.39. The van der Waals surface area contributed by atoms with Crippen molar-refractivity contribution in [3.63, 3.8) is 0 Å². The largest absolute Gasteiger partial charge is 0.536 e. The zero-order valence-corrected chi connectivity index (χ0v) is 23.1. The van der Waals surface area contributed by atoms with Crippen LogP contribution in [0.3, 0.4) is 0 Å². The summed E-state index contributed by atoms with van der Waals surface area (Å²) in [5, 5.41) is 2.40. The number of pyridine rings is 1. The molecule has 0 unspecified atom stereocenters. The van der Waals surface area contributed by atoms with Gasteiger partial charge in [-0.3, -0.25) is 4.57 Å². The van der Waals surface area contributed by atoms with Crippen molar-refractivity contribution in [1.29, 1.82) is 0 Å². The van der Waals surface area contributed by atoms with Crippen LogP contribution in [0.5, 0.6) is 5.75 Å². The van der Waals surface area contributed by atoms with Crippen molar-refractivity contribution in [2.24, 2.45) is 0 Å². The molecule has 0 N–H and O–H groups in total. The zero-order chi connectivity index (χ0) is 28.0. The predicted molar refractivity (Wildman–Crippen MR) is 174 cm³/mol. The predicted octanol–water partition coefficient (Wildman–Crippen LogP) is 7.87. The molecule has 1 aliphatic heterocycles. The van der Waals surface area contributed by atoms with Crippen molar-refractivity contribution in [3.05, 3.63) is 146 Å². The Morgan fingerprint density at radius 1 is 0.619 bits per heavy atom. The van der Waals surface area contributed by atoms with E-state index in [1.54, 1.807) is 0 Å². The average molecular weight is 542 g/mol. The van der Waals surface area contributed by atoms with Crippen molar-refractivity contribution in [2.45, 2.75) is 0 Å². The highest BCUT2D eigenvalue weighted by atomic mass is 16.5. The second-order valence-corrected chi connectivity index (χ2v) is 10.6. The van der Waals surface area contributed by atoms with Gasteiger partial charge in [0.25, 0.3) is 0 Å². The lowest BCUT2D eigenvalue weighted by atomic mass is 9.72. The Labute approximate surface area is 245 Å². The van der Waals surface area contributed by atoms with Crippen LogP contribution in [0.2, 0.25) is 0 Å². The molecule has 0 bridgehead atoms. The fourth-order valence-corrected chi connectivity index (χ4v) is 6.14. The quantitative estimate of drug-likeness (QED) is 0.207. The Morgan fingerprint density at radius 2 is 1.36 bits per heavy atom. The van der Waals surface area contributed by atoms with E-state index >= 15 is 0 Å². The van der Waals surface area contributed by atoms with Crippen LogP contribution >= 0.6 is 0 Å². The van der Waals surface area contributed by atoms with Gasteiger partial charge >= 0.3 is 7.05 Å². The number of anilines is 4. The van der Waals surface area contributed by atoms with Crippen LogP contribution in [-0.4, -0.2) is 23.6 Å². The molecular formula is C36H27BN4O. The summed E-state index contributed by atoms with van der Waals surface area (Å²) >= 11 is 0. The molecule has 8 rings (SSSR count). The molecule has 5 aromatic carbocycles. The Hall–Kier alpha value is -5.49. The number of hydrogen-bond acceptors (Lipinski definition) is 4. The third-order valence-corrected chi connectivity index (χ3v) is 8.06. The van der Waals surface area contributed by atoms with Crippen molar-refractivity contribution in [1.82, 2.24) is 9.55 Å². The van der Waals surface area contributed by atoms with Crippen molar-refractivity contribution >= 4 is 57.1 Å². The van der Waals surface area contributed by atoms with E-state index in [4.69, 9.17) is 9.64 Å². The number of aromatic nitrogens is 2. The molecule has 0 radical (unpaired) electrons. The fraction of sp³-hybridized carbons (Fsp3) is 0.0278. The van der Waals surface area contributed by atoms with Crippen LogP contribution in [0, 0.1) is 0 Å². The van der Waals surface area contributed by atoms with E-state index in [0.29, 0.717) is 0 Å². The second kappa shape index (κ2) is 9.86. The van der Waals surface area contributed by atoms with E-state index in [1.165, 1.54) is 10.8 Å². The molecule has 0 spiro atoms. The number of benzene rings is 5. The minimum atomic E-state index is -0.200. The number of fused-ring (bicyclic) bond motifs is 4. The Morgan fingerprint density at radius 3 is 2.21 bits per heavy atom. The maximum atomic E-state index is 6.40. The summed E-state index contributed by atoms with van der Waals surface area (Å²) in [7, 11) is 1.89. The number of nitrogens with zero attached hydrogens (tertiary/aromatic N) is 4. The van der Waals surface area contributed by atoms with Gasteiger partial charge in [0, 0.05) is 34.0 Å². The minimum Gasteiger partial charge on any atom is -0.536 e. The summed E-state index contributed by atoms with van der Waals surface area (Å²) in [6.07, 6.45) is 1.85. The molecule has 0 amide bonds. The van der Waals surface area contributed by atoms with Gasteiger partial charge < -0.3 is 14.4 Å². The van der Waals surface area contributed by atoms with Crippen LogP contribution in [0.25, 0.3) is 27.6 Å². The Bertz CT molecular complexity index is 2060. The van der Waals surface area contributed by atoms with E-state index in [-0.39, 0.29) is 7.05 Å². The highest BCUT2D eigenvalue weighted by molar-refractivity contribution is 6.73. The SMILES string of the molecule is CN1B(c2cccc(N(c3ccccc3)c3ccc4c5ccccc5n(-c5ccccn5)c4c3)c2)Oc2ccccc21. The number of para-hydroxylation sites is 4. The molecular weight excluding hydrogens is 515 g/mol. The van der Waals surface area contributed by atoms with E-state index in [0.717, 1.165) is 50.8 Å². The number of rotatable bonds is 5. The first kappa shape index (κ1) is 24.3. The van der Waals surface area contributed by atoms with Gasteiger partial charge in [-0.05, 0) is 79.2 Å². The second-order valence-electron chi connectivity index (χ2n) is 10.6. The van der Waals surface area contributed by atoms with Gasteiger partial charge in [0.15, 0.2) is 0 Å². The Kier molecular flexibility index (Phi) is 5.71. The summed E-state index contributed by atoms with van der Waals surface area (Å²) in [5.41, 5.74) is 7.65. The summed E-state index contributed by atoms with van der Waals surface area (Å²) in [6, 6.07) is 48.7. The topological polar surface area (TPSA) is 33.5 Å². The molecule has 0 atom stereocenters. The summed E-state index contributed by atoms with van der Waals surface area (Å²) in [4.78, 5) is 9.23. The average Bonchev–Trinajstić information content (AvgIpc) is 3.57. The van der Waals surface area contributed by atoms with E-state index < -0.39 is 0 Å². The van der Waals surface area contributed by atoms with Crippen molar-refractivity contribution in [2.75, 3.05) is 16.8 Å². The maximum absolute atomic E-state index is 6.40. The molecule has 6 heteroatoms. The minimum absolute atomic E-state index is 0.200. The normalized spacial score (nSPS) is 12.5. The van der Waals surface area contributed by atoms with Gasteiger partial charge in [-0.2, -0.15) is 0 Å². The first-order chi connectivity index (χ1) is 20.8. The molecule has 0 aliphatic carbocycles. The lowest BCUT2D eigenvalue weighted by molar-refractivity contribution is 0.602. The molecule has 0 saturated carbocycles. The van der Waals surface area contributed by atoms with Crippen LogP contribution < -0.4 is 19.8 Å². The van der Waals surface area contributed by atoms with Gasteiger partial charge in [0.05, 0.1) is 16.7 Å². The first-order valence-corrected chi connectivity index (χ1v) is 14.1. The highest BCUT2D eigenvalue weighted by Gasteiger charge is 2.36. The molecule has 200 valence electrons. The third kappa shape index (κ3) is 3.91. The van der Waals surface area contributed by atoms with E-state index in [9.17, 15) is 0 Å². The first-order valence-electron chi connectivity index (χ1n) is 14.1. The van der Waals surface area contributed by atoms with Gasteiger partial charge in [-0.25, -0.2) is 4.98 Å². The van der Waals surface area contributed by atoms with Crippen LogP contribution in [0.4, 0.5) is 22.7 Å². The summed E-state index contributed by atoms with van der Waals surface area (Å²) in [5.74, 6) is 1.80. The monoisotopic (exact) mass is 542 g/mol. The van der Waals surface area contributed by atoms with E-state index in [1.807, 2.05) is 30.5 Å². The summed E-state index contributed by atoms with van der Waals surface area (Å²) < 4.78 is 8.66. The smallest absolute Gasteiger partial charge is 0.519 e. The molecule has 5 nitrogen and oxygen atoms in total. The lowest BCUT2D eigenvalue weighted by Gasteiger charge is -2.27. The van der Waals surface area contributed by atoms with Gasteiger partial charge in [-0.15, -0.1) is 0 Å². The standard InChI is InChI=1S/C36H27BN4O/c1-39-33-18-7-8-19-35(33)42-37(39)26-12-11-15-28(24-26)40(27-13-3-2-4-14-27)29-21-22-31-30-16-5-6-17-32(30)41(34(31)25-29)36-20-9-10-23-38-36/h2-25H,1H3. The maximum Gasteiger partial charge on any atom is 0.519 e. The van der Waals surface area contributed by atoms with Gasteiger partial charge in [-0.1, -0.05) is 72.8 Å². The fourth-order valence-electron chi connectivity index (χ4n) is 6.14. The molecule has 42 heavy (non-hydrogen) atoms. The van der Waals surface area contributed by atoms with Crippen LogP contribution in [0.15, 0.2) is 146 Å². The van der Waals surface area contributed by atoms with Gasteiger partial charge in [0.2, 0.25) is 0 Å². The molecule has 0 fully saturated rings. The van der Waals surface area contributed by atoms with Gasteiger partial charge in [0.1, 0.15) is 11.6 Å². The van der Waals surface area contributed by atoms with E-state index in [2.05, 4.69) is 137 Å². The molecule has 3 heterocycles. The summed E-state index contributed by atoms with van der Waals surface area (Å²) in [6.45, 7) is 0. The number of hydrogen-bond donors (Lipinski definition) is 0. The molecule has 0 saturated heterocycles. The lowest BCUT2D eigenvalue weighted by Crippen LogP contribution is -2.47. The third-order valence-electron chi connectivity index (χ3n) is 8.06.